The first-order chi connectivity index (χ1) is 16.3. The fourth-order valence-electron chi connectivity index (χ4n) is 4.36. The Morgan fingerprint density at radius 3 is 1.88 bits per heavy atom. The zero-order valence-corrected chi connectivity index (χ0v) is 21.7. The highest BCUT2D eigenvalue weighted by Crippen LogP contribution is 2.25. The van der Waals surface area contributed by atoms with E-state index in [4.69, 9.17) is 0 Å². The Morgan fingerprint density at radius 2 is 1.38 bits per heavy atom. The number of nitrogens with one attached hydrogen (secondary N) is 3. The molecule has 0 bridgehead atoms. The van der Waals surface area contributed by atoms with Crippen molar-refractivity contribution in [2.45, 2.75) is 67.3 Å². The molecule has 2 heterocycles. The molecule has 188 valence electrons. The summed E-state index contributed by atoms with van der Waals surface area (Å²) in [7, 11) is -4.97. The second kappa shape index (κ2) is 12.3. The Balaban J connectivity index is 0.000000191. The molecule has 0 spiro atoms. The molecule has 3 N–H and O–H groups in total. The maximum absolute atomic E-state index is 11.7. The van der Waals surface area contributed by atoms with Gasteiger partial charge in [-0.3, -0.25) is 0 Å². The van der Waals surface area contributed by atoms with Crippen LogP contribution in [0.5, 0.6) is 0 Å². The van der Waals surface area contributed by atoms with Gasteiger partial charge in [0.2, 0.25) is 10.0 Å². The van der Waals surface area contributed by atoms with Crippen LogP contribution in [0, 0.1) is 0 Å². The lowest BCUT2D eigenvalue weighted by atomic mass is 9.98. The molecule has 2 aromatic rings. The maximum Gasteiger partial charge on any atom is 0.240 e. The molecule has 2 aromatic carbocycles. The zero-order valence-electron chi connectivity index (χ0n) is 20.1. The third kappa shape index (κ3) is 7.11. The molecule has 0 radical (unpaired) electrons. The van der Waals surface area contributed by atoms with E-state index in [9.17, 15) is 16.8 Å². The molecule has 0 amide bonds. The first-order valence-electron chi connectivity index (χ1n) is 12.1. The molecule has 2 fully saturated rings. The van der Waals surface area contributed by atoms with Gasteiger partial charge in [-0.05, 0) is 81.2 Å². The third-order valence-corrected chi connectivity index (χ3v) is 9.64. The van der Waals surface area contributed by atoms with Crippen molar-refractivity contribution in [1.82, 2.24) is 15.4 Å². The van der Waals surface area contributed by atoms with Gasteiger partial charge in [-0.2, -0.15) is 0 Å². The molecule has 2 unspecified atom stereocenters. The van der Waals surface area contributed by atoms with Gasteiger partial charge in [-0.25, -0.2) is 21.6 Å². The molecular formula is C25H37N3O4S2. The number of hydrogen-bond donors (Lipinski definition) is 3. The van der Waals surface area contributed by atoms with E-state index >= 15 is 0 Å². The highest BCUT2D eigenvalue weighted by molar-refractivity contribution is 7.91. The van der Waals surface area contributed by atoms with E-state index < -0.39 is 19.9 Å². The number of hydrogen-bond acceptors (Lipinski definition) is 6. The van der Waals surface area contributed by atoms with E-state index in [1.807, 2.05) is 18.2 Å². The normalized spacial score (nSPS) is 21.4. The lowest BCUT2D eigenvalue weighted by Crippen LogP contribution is -2.27. The van der Waals surface area contributed by atoms with Crippen LogP contribution in [0.4, 0.5) is 0 Å². The summed E-state index contributed by atoms with van der Waals surface area (Å²) < 4.78 is 49.1. The van der Waals surface area contributed by atoms with Crippen LogP contribution in [0.3, 0.4) is 0 Å². The predicted molar refractivity (Wildman–Crippen MR) is 136 cm³/mol. The molecule has 0 aromatic heterocycles. The van der Waals surface area contributed by atoms with Crippen molar-refractivity contribution in [3.8, 4) is 0 Å². The SMILES string of the molecule is CCS(=O)(=O)c1ccc(C2CCCCN2)cc1.CNS(=O)(=O)c1cccc(C2CCCCN2)c1. The highest BCUT2D eigenvalue weighted by atomic mass is 32.2. The lowest BCUT2D eigenvalue weighted by molar-refractivity contribution is 0.412. The fourth-order valence-corrected chi connectivity index (χ4v) is 6.03. The first-order valence-corrected chi connectivity index (χ1v) is 15.2. The van der Waals surface area contributed by atoms with Crippen LogP contribution in [0.2, 0.25) is 0 Å². The highest BCUT2D eigenvalue weighted by Gasteiger charge is 2.18. The van der Waals surface area contributed by atoms with Crippen LogP contribution in [0.15, 0.2) is 58.3 Å². The van der Waals surface area contributed by atoms with Crippen LogP contribution < -0.4 is 15.4 Å². The van der Waals surface area contributed by atoms with Crippen LogP contribution in [0.1, 0.15) is 68.7 Å². The van der Waals surface area contributed by atoms with Gasteiger partial charge in [-0.1, -0.05) is 44.0 Å². The molecule has 2 atom stereocenters. The number of piperidine rings is 2. The van der Waals surface area contributed by atoms with Gasteiger partial charge in [-0.15, -0.1) is 0 Å². The Bertz CT molecular complexity index is 1120. The molecule has 0 aliphatic carbocycles. The maximum atomic E-state index is 11.7. The van der Waals surface area contributed by atoms with Crippen molar-refractivity contribution >= 4 is 19.9 Å². The summed E-state index contributed by atoms with van der Waals surface area (Å²) in [5.74, 6) is 0.161. The van der Waals surface area contributed by atoms with Gasteiger partial charge in [0.25, 0.3) is 0 Å². The van der Waals surface area contributed by atoms with E-state index in [0.29, 0.717) is 15.8 Å². The molecule has 2 aliphatic rings. The summed E-state index contributed by atoms with van der Waals surface area (Å²) >= 11 is 0. The van der Waals surface area contributed by atoms with Gasteiger partial charge in [0.1, 0.15) is 0 Å². The average Bonchev–Trinajstić information content (AvgIpc) is 2.90. The zero-order chi connectivity index (χ0) is 24.6. The summed E-state index contributed by atoms with van der Waals surface area (Å²) in [4.78, 5) is 0.768. The quantitative estimate of drug-likeness (QED) is 0.551. The summed E-state index contributed by atoms with van der Waals surface area (Å²) in [6.45, 7) is 3.74. The van der Waals surface area contributed by atoms with Crippen LogP contribution in [-0.4, -0.2) is 42.7 Å². The Hall–Kier alpha value is -1.78. The monoisotopic (exact) mass is 507 g/mol. The van der Waals surface area contributed by atoms with Gasteiger partial charge >= 0.3 is 0 Å². The Morgan fingerprint density at radius 1 is 0.794 bits per heavy atom. The molecule has 4 rings (SSSR count). The number of rotatable bonds is 6. The standard InChI is InChI=1S/C13H19NO2S.C12H18N2O2S/c1-2-17(15,16)12-8-6-11(7-9-12)13-5-3-4-10-14-13;1-13-17(15,16)11-6-4-5-10(9-11)12-7-2-3-8-14-12/h6-9,13-14H,2-5,10H2,1H3;4-6,9,12-14H,2-3,7-8H2,1H3. The molecule has 0 saturated carbocycles. The van der Waals surface area contributed by atoms with Crippen molar-refractivity contribution in [2.24, 2.45) is 0 Å². The minimum Gasteiger partial charge on any atom is -0.310 e. The summed E-state index contributed by atoms with van der Waals surface area (Å²) in [5.41, 5.74) is 2.25. The summed E-state index contributed by atoms with van der Waals surface area (Å²) in [5, 5.41) is 6.87. The molecule has 34 heavy (non-hydrogen) atoms. The van der Waals surface area contributed by atoms with E-state index in [2.05, 4.69) is 15.4 Å². The summed E-state index contributed by atoms with van der Waals surface area (Å²) in [6, 6.07) is 15.2. The van der Waals surface area contributed by atoms with E-state index in [1.165, 1.54) is 38.3 Å². The van der Waals surface area contributed by atoms with Gasteiger partial charge < -0.3 is 10.6 Å². The molecule has 2 saturated heterocycles. The summed E-state index contributed by atoms with van der Waals surface area (Å²) in [6.07, 6.45) is 7.08. The average molecular weight is 508 g/mol. The minimum atomic E-state index is -3.34. The second-order valence-corrected chi connectivity index (χ2v) is 12.9. The molecule has 7 nitrogen and oxygen atoms in total. The molecular weight excluding hydrogens is 470 g/mol. The smallest absolute Gasteiger partial charge is 0.240 e. The Labute approximate surface area is 204 Å². The first kappa shape index (κ1) is 26.8. The number of sulfone groups is 1. The van der Waals surface area contributed by atoms with E-state index in [-0.39, 0.29) is 11.8 Å². The molecule has 9 heteroatoms. The lowest BCUT2D eigenvalue weighted by Gasteiger charge is -2.24. The van der Waals surface area contributed by atoms with E-state index in [0.717, 1.165) is 31.5 Å². The topological polar surface area (TPSA) is 104 Å². The van der Waals surface area contributed by atoms with Crippen LogP contribution in [-0.2, 0) is 19.9 Å². The predicted octanol–water partition coefficient (Wildman–Crippen LogP) is 3.70. The van der Waals surface area contributed by atoms with Gasteiger partial charge in [0.05, 0.1) is 15.5 Å². The van der Waals surface area contributed by atoms with Crippen molar-refractivity contribution in [3.05, 3.63) is 59.7 Å². The van der Waals surface area contributed by atoms with Crippen molar-refractivity contribution in [2.75, 3.05) is 25.9 Å². The number of benzene rings is 2. The van der Waals surface area contributed by atoms with E-state index in [1.54, 1.807) is 37.3 Å². The largest absolute Gasteiger partial charge is 0.310 e. The second-order valence-electron chi connectivity index (χ2n) is 8.76. The van der Waals surface area contributed by atoms with Crippen molar-refractivity contribution in [1.29, 1.82) is 0 Å². The minimum absolute atomic E-state index is 0.161. The fraction of sp³-hybridized carbons (Fsp3) is 0.520. The van der Waals surface area contributed by atoms with Crippen molar-refractivity contribution in [3.63, 3.8) is 0 Å². The third-order valence-electron chi connectivity index (χ3n) is 6.48. The van der Waals surface area contributed by atoms with Crippen molar-refractivity contribution < 1.29 is 16.8 Å². The number of sulfonamides is 1. The van der Waals surface area contributed by atoms with Crippen LogP contribution >= 0.6 is 0 Å². The van der Waals surface area contributed by atoms with Gasteiger partial charge in [0.15, 0.2) is 9.84 Å². The van der Waals surface area contributed by atoms with Crippen LogP contribution in [0.25, 0.3) is 0 Å². The van der Waals surface area contributed by atoms with Gasteiger partial charge in [0, 0.05) is 12.1 Å². The molecule has 2 aliphatic heterocycles. The Kier molecular flexibility index (Phi) is 9.67.